The fourth-order valence-corrected chi connectivity index (χ4v) is 3.19. The van der Waals surface area contributed by atoms with Crippen molar-refractivity contribution < 1.29 is 14.7 Å². The highest BCUT2D eigenvalue weighted by Gasteiger charge is 2.19. The molecule has 1 heterocycles. The van der Waals surface area contributed by atoms with Crippen LogP contribution in [0.2, 0.25) is 0 Å². The van der Waals surface area contributed by atoms with Crippen LogP contribution in [-0.4, -0.2) is 26.8 Å². The Morgan fingerprint density at radius 1 is 1.19 bits per heavy atom. The molecule has 6 nitrogen and oxygen atoms in total. The van der Waals surface area contributed by atoms with Crippen LogP contribution in [0.5, 0.6) is 0 Å². The minimum absolute atomic E-state index is 0.00418. The van der Waals surface area contributed by atoms with E-state index in [0.29, 0.717) is 12.3 Å². The number of hydrogen-bond donors (Lipinski definition) is 2. The van der Waals surface area contributed by atoms with Gasteiger partial charge in [-0.3, -0.25) is 14.3 Å². The highest BCUT2D eigenvalue weighted by molar-refractivity contribution is 5.79. The van der Waals surface area contributed by atoms with Crippen LogP contribution in [0, 0.1) is 19.8 Å². The van der Waals surface area contributed by atoms with Gasteiger partial charge in [-0.05, 0) is 31.7 Å². The zero-order chi connectivity index (χ0) is 20.0. The van der Waals surface area contributed by atoms with Crippen LogP contribution in [0.25, 0.3) is 0 Å². The summed E-state index contributed by atoms with van der Waals surface area (Å²) in [5.74, 6) is -0.514. The first kappa shape index (κ1) is 20.7. The third-order valence-corrected chi connectivity index (χ3v) is 4.59. The fraction of sp³-hybridized carbons (Fsp3) is 0.476. The van der Waals surface area contributed by atoms with E-state index in [0.717, 1.165) is 29.1 Å². The number of carboxylic acids is 1. The van der Waals surface area contributed by atoms with Crippen molar-refractivity contribution in [2.75, 3.05) is 0 Å². The van der Waals surface area contributed by atoms with Gasteiger partial charge in [-0.15, -0.1) is 0 Å². The summed E-state index contributed by atoms with van der Waals surface area (Å²) in [6.45, 7) is 9.00. The number of aryl methyl sites for hydroxylation is 1. The highest BCUT2D eigenvalue weighted by atomic mass is 16.4. The van der Waals surface area contributed by atoms with E-state index < -0.39 is 5.97 Å². The van der Waals surface area contributed by atoms with Crippen molar-refractivity contribution in [2.24, 2.45) is 5.92 Å². The molecule has 2 aromatic rings. The molecule has 0 saturated heterocycles. The summed E-state index contributed by atoms with van der Waals surface area (Å²) < 4.78 is 1.96. The number of nitrogens with one attached hydrogen (secondary N) is 1. The topological polar surface area (TPSA) is 84.2 Å². The van der Waals surface area contributed by atoms with Crippen LogP contribution >= 0.6 is 0 Å². The van der Waals surface area contributed by atoms with Crippen molar-refractivity contribution in [1.29, 1.82) is 0 Å². The van der Waals surface area contributed by atoms with Gasteiger partial charge in [-0.1, -0.05) is 44.2 Å². The van der Waals surface area contributed by atoms with Crippen molar-refractivity contribution >= 4 is 11.9 Å². The summed E-state index contributed by atoms with van der Waals surface area (Å²) in [6, 6.07) is 9.17. The molecular weight excluding hydrogens is 342 g/mol. The van der Waals surface area contributed by atoms with E-state index in [4.69, 9.17) is 5.11 Å². The number of amides is 1. The highest BCUT2D eigenvalue weighted by Crippen LogP contribution is 2.20. The summed E-state index contributed by atoms with van der Waals surface area (Å²) >= 11 is 0. The maximum Gasteiger partial charge on any atom is 0.303 e. The van der Waals surface area contributed by atoms with Gasteiger partial charge in [-0.2, -0.15) is 5.10 Å². The summed E-state index contributed by atoms with van der Waals surface area (Å²) in [5.41, 5.74) is 3.73. The predicted molar refractivity (Wildman–Crippen MR) is 104 cm³/mol. The summed E-state index contributed by atoms with van der Waals surface area (Å²) in [7, 11) is 0. The largest absolute Gasteiger partial charge is 0.481 e. The quantitative estimate of drug-likeness (QED) is 0.707. The molecule has 0 aliphatic carbocycles. The maximum absolute atomic E-state index is 12.7. The minimum Gasteiger partial charge on any atom is -0.481 e. The monoisotopic (exact) mass is 371 g/mol. The van der Waals surface area contributed by atoms with E-state index in [2.05, 4.69) is 24.3 Å². The predicted octanol–water partition coefficient (Wildman–Crippen LogP) is 3.42. The molecule has 0 spiro atoms. The van der Waals surface area contributed by atoms with Gasteiger partial charge < -0.3 is 10.4 Å². The smallest absolute Gasteiger partial charge is 0.303 e. The van der Waals surface area contributed by atoms with Crippen molar-refractivity contribution in [3.8, 4) is 0 Å². The molecule has 0 aliphatic rings. The zero-order valence-corrected chi connectivity index (χ0v) is 16.5. The van der Waals surface area contributed by atoms with Crippen LogP contribution in [0.4, 0.5) is 0 Å². The van der Waals surface area contributed by atoms with Crippen LogP contribution in [0.3, 0.4) is 0 Å². The van der Waals surface area contributed by atoms with Crippen molar-refractivity contribution in [3.63, 3.8) is 0 Å². The number of benzene rings is 1. The maximum atomic E-state index is 12.7. The van der Waals surface area contributed by atoms with Crippen molar-refractivity contribution in [2.45, 2.75) is 59.5 Å². The van der Waals surface area contributed by atoms with Gasteiger partial charge in [0.05, 0.1) is 18.2 Å². The molecule has 2 N–H and O–H groups in total. The molecule has 1 aromatic heterocycles. The number of carbonyl (C=O) groups excluding carboxylic acids is 1. The van der Waals surface area contributed by atoms with E-state index in [9.17, 15) is 9.59 Å². The number of carboxylic acid groups (broad SMARTS) is 1. The average Bonchev–Trinajstić information content (AvgIpc) is 2.86. The lowest BCUT2D eigenvalue weighted by molar-refractivity contribution is -0.137. The van der Waals surface area contributed by atoms with Crippen molar-refractivity contribution in [1.82, 2.24) is 15.1 Å². The van der Waals surface area contributed by atoms with E-state index in [1.165, 1.54) is 0 Å². The van der Waals surface area contributed by atoms with E-state index in [1.807, 2.05) is 48.9 Å². The van der Waals surface area contributed by atoms with Crippen molar-refractivity contribution in [3.05, 3.63) is 52.8 Å². The SMILES string of the molecule is Cc1nn(CC(C)C)c(C)c1CC(=O)NC(CCC(=O)O)c1ccccc1. The van der Waals surface area contributed by atoms with E-state index in [1.54, 1.807) is 0 Å². The van der Waals surface area contributed by atoms with Gasteiger partial charge in [0.25, 0.3) is 0 Å². The lowest BCUT2D eigenvalue weighted by atomic mass is 10.0. The molecule has 0 saturated carbocycles. The second kappa shape index (κ2) is 9.35. The van der Waals surface area contributed by atoms with Gasteiger partial charge in [0.1, 0.15) is 0 Å². The molecular formula is C21H29N3O3. The number of nitrogens with zero attached hydrogens (tertiary/aromatic N) is 2. The normalized spacial score (nSPS) is 12.2. The Kier molecular flexibility index (Phi) is 7.16. The summed E-state index contributed by atoms with van der Waals surface area (Å²) in [6.07, 6.45) is 0.603. The Morgan fingerprint density at radius 2 is 1.85 bits per heavy atom. The van der Waals surface area contributed by atoms with Gasteiger partial charge >= 0.3 is 5.97 Å². The Hall–Kier alpha value is -2.63. The number of aliphatic carboxylic acids is 1. The number of hydrogen-bond acceptors (Lipinski definition) is 3. The Bertz CT molecular complexity index is 781. The molecule has 0 bridgehead atoms. The van der Waals surface area contributed by atoms with Crippen LogP contribution < -0.4 is 5.32 Å². The standard InChI is InChI=1S/C21H29N3O3/c1-14(2)13-24-16(4)18(15(3)23-24)12-20(25)22-19(10-11-21(26)27)17-8-6-5-7-9-17/h5-9,14,19H,10-13H2,1-4H3,(H,22,25)(H,26,27). The van der Waals surface area contributed by atoms with Crippen LogP contribution in [-0.2, 0) is 22.6 Å². The third kappa shape index (κ3) is 5.94. The molecule has 1 aromatic carbocycles. The summed E-state index contributed by atoms with van der Waals surface area (Å²) in [5, 5.41) is 16.6. The molecule has 6 heteroatoms. The first-order valence-electron chi connectivity index (χ1n) is 9.37. The van der Waals surface area contributed by atoms with Crippen LogP contribution in [0.15, 0.2) is 30.3 Å². The van der Waals surface area contributed by atoms with Gasteiger partial charge in [0, 0.05) is 24.2 Å². The van der Waals surface area contributed by atoms with Gasteiger partial charge in [0.2, 0.25) is 5.91 Å². The lowest BCUT2D eigenvalue weighted by Crippen LogP contribution is -2.30. The molecule has 27 heavy (non-hydrogen) atoms. The number of carbonyl (C=O) groups is 2. The number of rotatable bonds is 9. The Morgan fingerprint density at radius 3 is 2.44 bits per heavy atom. The van der Waals surface area contributed by atoms with Gasteiger partial charge in [-0.25, -0.2) is 0 Å². The molecule has 1 atom stereocenters. The summed E-state index contributed by atoms with van der Waals surface area (Å²) in [4.78, 5) is 23.6. The molecule has 146 valence electrons. The molecule has 1 amide bonds. The van der Waals surface area contributed by atoms with Gasteiger partial charge in [0.15, 0.2) is 0 Å². The first-order valence-corrected chi connectivity index (χ1v) is 9.37. The molecule has 0 fully saturated rings. The second-order valence-corrected chi connectivity index (χ2v) is 7.37. The Labute approximate surface area is 160 Å². The first-order chi connectivity index (χ1) is 12.8. The molecule has 1 unspecified atom stereocenters. The van der Waals surface area contributed by atoms with E-state index in [-0.39, 0.29) is 24.8 Å². The minimum atomic E-state index is -0.869. The van der Waals surface area contributed by atoms with E-state index >= 15 is 0 Å². The lowest BCUT2D eigenvalue weighted by Gasteiger charge is -2.19. The number of aromatic nitrogens is 2. The zero-order valence-electron chi connectivity index (χ0n) is 16.5. The third-order valence-electron chi connectivity index (χ3n) is 4.59. The Balaban J connectivity index is 2.11. The molecule has 0 radical (unpaired) electrons. The average molecular weight is 371 g/mol. The van der Waals surface area contributed by atoms with Crippen LogP contribution in [0.1, 0.15) is 55.2 Å². The fourth-order valence-electron chi connectivity index (χ4n) is 3.19. The molecule has 2 rings (SSSR count). The second-order valence-electron chi connectivity index (χ2n) is 7.37. The molecule has 0 aliphatic heterocycles.